The molecule has 1 unspecified atom stereocenters. The molecule has 0 amide bonds. The summed E-state index contributed by atoms with van der Waals surface area (Å²) >= 11 is 0. The zero-order valence-corrected chi connectivity index (χ0v) is 15.8. The standard InChI is InChI=1S/C21H21F2N5O/c22-18(23)12-28-20(24-16-5-2-1-4-14(16)21(28)29)17-6-3-11-27(17)19-10-9-15(25-26-19)13-7-8-13/h1-2,4-5,9-10,13,17-18H,3,6-8,11-12H2. The quantitative estimate of drug-likeness (QED) is 0.657. The maximum atomic E-state index is 13.3. The molecule has 6 nitrogen and oxygen atoms in total. The lowest BCUT2D eigenvalue weighted by Gasteiger charge is -2.27. The molecule has 8 heteroatoms. The Morgan fingerprint density at radius 2 is 1.90 bits per heavy atom. The Bertz CT molecular complexity index is 1090. The number of nitrogens with zero attached hydrogens (tertiary/aromatic N) is 5. The molecule has 29 heavy (non-hydrogen) atoms. The van der Waals surface area contributed by atoms with Crippen molar-refractivity contribution in [3.63, 3.8) is 0 Å². The van der Waals surface area contributed by atoms with E-state index < -0.39 is 18.5 Å². The first-order chi connectivity index (χ1) is 14.1. The van der Waals surface area contributed by atoms with Gasteiger partial charge in [-0.3, -0.25) is 9.36 Å². The number of fused-ring (bicyclic) bond motifs is 1. The van der Waals surface area contributed by atoms with Crippen molar-refractivity contribution in [3.8, 4) is 0 Å². The van der Waals surface area contributed by atoms with Gasteiger partial charge in [0.25, 0.3) is 12.0 Å². The number of benzene rings is 1. The van der Waals surface area contributed by atoms with Gasteiger partial charge in [-0.05, 0) is 49.9 Å². The van der Waals surface area contributed by atoms with Crippen LogP contribution < -0.4 is 10.5 Å². The van der Waals surface area contributed by atoms with Gasteiger partial charge in [0, 0.05) is 12.5 Å². The summed E-state index contributed by atoms with van der Waals surface area (Å²) < 4.78 is 27.7. The second-order valence-corrected chi connectivity index (χ2v) is 7.74. The molecule has 150 valence electrons. The van der Waals surface area contributed by atoms with Crippen LogP contribution in [0.25, 0.3) is 10.9 Å². The molecule has 5 rings (SSSR count). The van der Waals surface area contributed by atoms with Crippen LogP contribution in [0.5, 0.6) is 0 Å². The summed E-state index contributed by atoms with van der Waals surface area (Å²) in [7, 11) is 0. The minimum absolute atomic E-state index is 0.285. The van der Waals surface area contributed by atoms with Crippen LogP contribution in [0.1, 0.15) is 49.2 Å². The van der Waals surface area contributed by atoms with Crippen LogP contribution in [0.2, 0.25) is 0 Å². The van der Waals surface area contributed by atoms with Crippen LogP contribution in [0.15, 0.2) is 41.2 Å². The molecule has 3 aromatic rings. The molecule has 2 fully saturated rings. The number of alkyl halides is 2. The lowest BCUT2D eigenvalue weighted by Crippen LogP contribution is -2.34. The summed E-state index contributed by atoms with van der Waals surface area (Å²) in [4.78, 5) is 19.6. The molecule has 1 aromatic carbocycles. The molecular weight excluding hydrogens is 376 g/mol. The van der Waals surface area contributed by atoms with E-state index in [1.165, 1.54) is 0 Å². The lowest BCUT2D eigenvalue weighted by molar-refractivity contribution is 0.123. The third-order valence-electron chi connectivity index (χ3n) is 5.72. The number of para-hydroxylation sites is 1. The normalized spacial score (nSPS) is 19.4. The number of aromatic nitrogens is 4. The minimum atomic E-state index is -2.64. The largest absolute Gasteiger partial charge is 0.345 e. The third-order valence-corrected chi connectivity index (χ3v) is 5.72. The highest BCUT2D eigenvalue weighted by Crippen LogP contribution is 2.40. The molecule has 1 saturated carbocycles. The fraction of sp³-hybridized carbons (Fsp3) is 0.429. The molecule has 0 bridgehead atoms. The molecule has 1 saturated heterocycles. The Balaban J connectivity index is 1.58. The zero-order valence-electron chi connectivity index (χ0n) is 15.8. The first-order valence-corrected chi connectivity index (χ1v) is 9.99. The van der Waals surface area contributed by atoms with Gasteiger partial charge in [0.15, 0.2) is 5.82 Å². The van der Waals surface area contributed by atoms with Crippen molar-refractivity contribution in [2.24, 2.45) is 0 Å². The minimum Gasteiger partial charge on any atom is -0.345 e. The molecule has 1 atom stereocenters. The van der Waals surface area contributed by atoms with Crippen molar-refractivity contribution >= 4 is 16.7 Å². The maximum absolute atomic E-state index is 13.3. The van der Waals surface area contributed by atoms with E-state index >= 15 is 0 Å². The van der Waals surface area contributed by atoms with E-state index in [-0.39, 0.29) is 6.04 Å². The van der Waals surface area contributed by atoms with Crippen LogP contribution >= 0.6 is 0 Å². The first kappa shape index (κ1) is 18.1. The van der Waals surface area contributed by atoms with Crippen molar-refractivity contribution in [2.75, 3.05) is 11.4 Å². The van der Waals surface area contributed by atoms with Crippen LogP contribution in [0.3, 0.4) is 0 Å². The lowest BCUT2D eigenvalue weighted by atomic mass is 10.1. The summed E-state index contributed by atoms with van der Waals surface area (Å²) in [5.41, 5.74) is 1.11. The molecule has 1 aliphatic heterocycles. The van der Waals surface area contributed by atoms with Gasteiger partial charge in [0.1, 0.15) is 5.82 Å². The summed E-state index contributed by atoms with van der Waals surface area (Å²) in [5, 5.41) is 9.09. The average molecular weight is 397 g/mol. The molecule has 2 aromatic heterocycles. The fourth-order valence-electron chi connectivity index (χ4n) is 4.15. The maximum Gasteiger partial charge on any atom is 0.261 e. The van der Waals surface area contributed by atoms with Crippen molar-refractivity contribution in [1.29, 1.82) is 0 Å². The van der Waals surface area contributed by atoms with E-state index in [1.54, 1.807) is 24.3 Å². The molecular formula is C21H21F2N5O. The molecule has 0 N–H and O–H groups in total. The van der Waals surface area contributed by atoms with Gasteiger partial charge in [0.05, 0.1) is 29.2 Å². The van der Waals surface area contributed by atoms with E-state index in [0.717, 1.165) is 42.5 Å². The van der Waals surface area contributed by atoms with Gasteiger partial charge < -0.3 is 4.90 Å². The van der Waals surface area contributed by atoms with Gasteiger partial charge in [-0.1, -0.05) is 12.1 Å². The number of halogens is 2. The van der Waals surface area contributed by atoms with E-state index in [9.17, 15) is 13.6 Å². The Hall–Kier alpha value is -2.90. The zero-order chi connectivity index (χ0) is 20.0. The second kappa shape index (κ2) is 7.17. The number of rotatable bonds is 5. The van der Waals surface area contributed by atoms with Crippen LogP contribution in [0, 0.1) is 0 Å². The van der Waals surface area contributed by atoms with Crippen LogP contribution in [-0.4, -0.2) is 32.7 Å². The second-order valence-electron chi connectivity index (χ2n) is 7.74. The van der Waals surface area contributed by atoms with Gasteiger partial charge in [0.2, 0.25) is 0 Å². The van der Waals surface area contributed by atoms with E-state index in [1.807, 2.05) is 17.0 Å². The topological polar surface area (TPSA) is 63.9 Å². The van der Waals surface area contributed by atoms with Gasteiger partial charge in [-0.15, -0.1) is 5.10 Å². The summed E-state index contributed by atoms with van der Waals surface area (Å²) in [6.45, 7) is 0.0577. The first-order valence-electron chi connectivity index (χ1n) is 9.99. The molecule has 0 spiro atoms. The summed E-state index contributed by atoms with van der Waals surface area (Å²) in [6, 6.07) is 10.5. The molecule has 1 aliphatic carbocycles. The monoisotopic (exact) mass is 397 g/mol. The van der Waals surface area contributed by atoms with E-state index in [4.69, 9.17) is 0 Å². The van der Waals surface area contributed by atoms with Gasteiger partial charge in [-0.25, -0.2) is 13.8 Å². The van der Waals surface area contributed by atoms with Crippen molar-refractivity contribution in [2.45, 2.75) is 50.6 Å². The highest BCUT2D eigenvalue weighted by molar-refractivity contribution is 5.77. The van der Waals surface area contributed by atoms with E-state index in [0.29, 0.717) is 28.5 Å². The van der Waals surface area contributed by atoms with Crippen molar-refractivity contribution in [1.82, 2.24) is 19.7 Å². The smallest absolute Gasteiger partial charge is 0.261 e. The number of hydrogen-bond donors (Lipinski definition) is 0. The molecule has 0 radical (unpaired) electrons. The Morgan fingerprint density at radius 3 is 2.62 bits per heavy atom. The Kier molecular flexibility index (Phi) is 4.49. The fourth-order valence-corrected chi connectivity index (χ4v) is 4.15. The molecule has 3 heterocycles. The van der Waals surface area contributed by atoms with Crippen molar-refractivity contribution in [3.05, 3.63) is 58.3 Å². The SMILES string of the molecule is O=c1c2ccccc2nc(C2CCCN2c2ccc(C3CC3)nn2)n1CC(F)F. The number of hydrogen-bond acceptors (Lipinski definition) is 5. The number of anilines is 1. The Labute approximate surface area is 166 Å². The van der Waals surface area contributed by atoms with Gasteiger partial charge >= 0.3 is 0 Å². The van der Waals surface area contributed by atoms with Crippen LogP contribution in [-0.2, 0) is 6.54 Å². The predicted octanol–water partition coefficient (Wildman–Crippen LogP) is 3.67. The Morgan fingerprint density at radius 1 is 1.07 bits per heavy atom. The highest BCUT2D eigenvalue weighted by atomic mass is 19.3. The molecule has 2 aliphatic rings. The van der Waals surface area contributed by atoms with E-state index in [2.05, 4.69) is 15.2 Å². The van der Waals surface area contributed by atoms with Gasteiger partial charge in [-0.2, -0.15) is 5.10 Å². The van der Waals surface area contributed by atoms with Crippen molar-refractivity contribution < 1.29 is 8.78 Å². The summed E-state index contributed by atoms with van der Waals surface area (Å²) in [5.74, 6) is 1.59. The average Bonchev–Trinajstić information content (AvgIpc) is 3.47. The summed E-state index contributed by atoms with van der Waals surface area (Å²) in [6.07, 6.45) is 1.26. The predicted molar refractivity (Wildman–Crippen MR) is 105 cm³/mol. The highest BCUT2D eigenvalue weighted by Gasteiger charge is 2.33. The third kappa shape index (κ3) is 3.36. The van der Waals surface area contributed by atoms with Crippen LogP contribution in [0.4, 0.5) is 14.6 Å².